The van der Waals surface area contributed by atoms with Crippen LogP contribution in [-0.4, -0.2) is 22.9 Å². The highest BCUT2D eigenvalue weighted by Gasteiger charge is 2.24. The molecule has 1 fully saturated rings. The number of hydrogen-bond donors (Lipinski definition) is 1. The van der Waals surface area contributed by atoms with Gasteiger partial charge >= 0.3 is 0 Å². The third-order valence-corrected chi connectivity index (χ3v) is 4.05. The van der Waals surface area contributed by atoms with E-state index in [0.29, 0.717) is 23.0 Å². The van der Waals surface area contributed by atoms with E-state index in [-0.39, 0.29) is 12.0 Å². The van der Waals surface area contributed by atoms with E-state index in [4.69, 9.17) is 9.47 Å². The van der Waals surface area contributed by atoms with Gasteiger partial charge in [0.2, 0.25) is 6.79 Å². The largest absolute Gasteiger partial charge is 0.454 e. The first-order chi connectivity index (χ1) is 11.3. The van der Waals surface area contributed by atoms with Gasteiger partial charge in [-0.05, 0) is 41.6 Å². The standard InChI is InChI=1S/C16H11N3O3S/c20-16-19-15(14(23-16)6-10-2-1-5-17-8-10)18-11-3-4-12-13(7-11)22-9-21-12/h1-8H,9H2,(H,18,19,20). The van der Waals surface area contributed by atoms with E-state index in [0.717, 1.165) is 22.2 Å². The van der Waals surface area contributed by atoms with E-state index in [1.165, 1.54) is 0 Å². The summed E-state index contributed by atoms with van der Waals surface area (Å²) in [5.74, 6) is 1.87. The lowest BCUT2D eigenvalue weighted by Gasteiger charge is -2.01. The van der Waals surface area contributed by atoms with Crippen molar-refractivity contribution < 1.29 is 14.3 Å². The third kappa shape index (κ3) is 2.91. The highest BCUT2D eigenvalue weighted by molar-refractivity contribution is 8.18. The number of hydrogen-bond acceptors (Lipinski definition) is 6. The zero-order chi connectivity index (χ0) is 15.6. The summed E-state index contributed by atoms with van der Waals surface area (Å²) in [5.41, 5.74) is 1.59. The van der Waals surface area contributed by atoms with Crippen LogP contribution in [-0.2, 0) is 0 Å². The van der Waals surface area contributed by atoms with Gasteiger partial charge in [-0.25, -0.2) is 4.99 Å². The average molecular weight is 325 g/mol. The molecule has 1 aromatic heterocycles. The number of fused-ring (bicyclic) bond motifs is 1. The molecule has 7 heteroatoms. The van der Waals surface area contributed by atoms with E-state index in [1.54, 1.807) is 24.5 Å². The van der Waals surface area contributed by atoms with E-state index in [2.05, 4.69) is 15.3 Å². The maximum Gasteiger partial charge on any atom is 0.289 e. The lowest BCUT2D eigenvalue weighted by molar-refractivity contribution is 0.174. The molecule has 0 unspecified atom stereocenters. The van der Waals surface area contributed by atoms with Crippen LogP contribution in [0.15, 0.2) is 52.6 Å². The average Bonchev–Trinajstić information content (AvgIpc) is 3.15. The Kier molecular flexibility index (Phi) is 3.47. The maximum atomic E-state index is 11.7. The van der Waals surface area contributed by atoms with Gasteiger partial charge in [0.15, 0.2) is 11.5 Å². The minimum Gasteiger partial charge on any atom is -0.454 e. The van der Waals surface area contributed by atoms with Gasteiger partial charge in [-0.2, -0.15) is 0 Å². The molecule has 2 aromatic rings. The monoisotopic (exact) mass is 325 g/mol. The summed E-state index contributed by atoms with van der Waals surface area (Å²) in [6.07, 6.45) is 5.31. The molecule has 2 aliphatic heterocycles. The molecule has 0 radical (unpaired) electrons. The molecule has 114 valence electrons. The number of carbonyl (C=O) groups excluding carboxylic acids is 1. The van der Waals surface area contributed by atoms with Gasteiger partial charge in [-0.1, -0.05) is 6.07 Å². The second kappa shape index (κ2) is 5.77. The van der Waals surface area contributed by atoms with Crippen LogP contribution in [0.3, 0.4) is 0 Å². The normalized spacial score (nSPS) is 19.4. The van der Waals surface area contributed by atoms with Crippen molar-refractivity contribution in [2.75, 3.05) is 6.79 Å². The van der Waals surface area contributed by atoms with Crippen molar-refractivity contribution in [1.82, 2.24) is 10.3 Å². The fourth-order valence-corrected chi connectivity index (χ4v) is 2.95. The van der Waals surface area contributed by atoms with Crippen molar-refractivity contribution in [3.05, 3.63) is 53.2 Å². The summed E-state index contributed by atoms with van der Waals surface area (Å²) < 4.78 is 10.6. The molecule has 1 aromatic carbocycles. The predicted octanol–water partition coefficient (Wildman–Crippen LogP) is 3.34. The number of nitrogens with zero attached hydrogens (tertiary/aromatic N) is 2. The molecule has 2 aliphatic rings. The summed E-state index contributed by atoms with van der Waals surface area (Å²) in [6, 6.07) is 9.16. The molecule has 6 nitrogen and oxygen atoms in total. The SMILES string of the molecule is O=C1NC(=Nc2ccc3c(c2)OCO3)C(=Cc2cccnc2)S1. The van der Waals surface area contributed by atoms with Crippen molar-refractivity contribution in [1.29, 1.82) is 0 Å². The quantitative estimate of drug-likeness (QED) is 0.917. The smallest absolute Gasteiger partial charge is 0.289 e. The molecule has 4 rings (SSSR count). The van der Waals surface area contributed by atoms with E-state index in [9.17, 15) is 4.79 Å². The van der Waals surface area contributed by atoms with Crippen LogP contribution in [0.5, 0.6) is 11.5 Å². The maximum absolute atomic E-state index is 11.7. The summed E-state index contributed by atoms with van der Waals surface area (Å²) in [6.45, 7) is 0.216. The lowest BCUT2D eigenvalue weighted by atomic mass is 10.2. The van der Waals surface area contributed by atoms with Gasteiger partial charge in [-0.15, -0.1) is 0 Å². The summed E-state index contributed by atoms with van der Waals surface area (Å²) in [5, 5.41) is 2.60. The number of amides is 1. The van der Waals surface area contributed by atoms with Gasteiger partial charge in [0.1, 0.15) is 5.84 Å². The van der Waals surface area contributed by atoms with Gasteiger partial charge < -0.3 is 14.8 Å². The lowest BCUT2D eigenvalue weighted by Crippen LogP contribution is -2.18. The van der Waals surface area contributed by atoms with Crippen molar-refractivity contribution >= 4 is 34.6 Å². The van der Waals surface area contributed by atoms with E-state index in [1.807, 2.05) is 24.3 Å². The molecular weight excluding hydrogens is 314 g/mol. The number of carbonyl (C=O) groups is 1. The molecule has 1 amide bonds. The van der Waals surface area contributed by atoms with Crippen LogP contribution in [0.2, 0.25) is 0 Å². The molecule has 0 saturated carbocycles. The Bertz CT molecular complexity index is 834. The minimum atomic E-state index is -0.153. The van der Waals surface area contributed by atoms with Crippen LogP contribution in [0.25, 0.3) is 6.08 Å². The van der Waals surface area contributed by atoms with Crippen LogP contribution in [0.1, 0.15) is 5.56 Å². The van der Waals surface area contributed by atoms with Crippen LogP contribution < -0.4 is 14.8 Å². The fraction of sp³-hybridized carbons (Fsp3) is 0.0625. The van der Waals surface area contributed by atoms with Gasteiger partial charge in [0.25, 0.3) is 5.24 Å². The van der Waals surface area contributed by atoms with Gasteiger partial charge in [0, 0.05) is 18.5 Å². The molecule has 1 saturated heterocycles. The first-order valence-electron chi connectivity index (χ1n) is 6.87. The number of amidine groups is 1. The van der Waals surface area contributed by atoms with Crippen molar-refractivity contribution in [2.24, 2.45) is 4.99 Å². The van der Waals surface area contributed by atoms with Crippen LogP contribution in [0.4, 0.5) is 10.5 Å². The van der Waals surface area contributed by atoms with Crippen LogP contribution >= 0.6 is 11.8 Å². The Hall–Kier alpha value is -2.80. The first-order valence-corrected chi connectivity index (χ1v) is 7.69. The van der Waals surface area contributed by atoms with E-state index < -0.39 is 0 Å². The Morgan fingerprint density at radius 1 is 1.26 bits per heavy atom. The minimum absolute atomic E-state index is 0.153. The number of nitrogens with one attached hydrogen (secondary N) is 1. The molecule has 0 atom stereocenters. The number of ether oxygens (including phenoxy) is 2. The number of aromatic nitrogens is 1. The van der Waals surface area contributed by atoms with Crippen molar-refractivity contribution in [2.45, 2.75) is 0 Å². The number of aliphatic imine (C=N–C) groups is 1. The molecule has 0 bridgehead atoms. The topological polar surface area (TPSA) is 72.8 Å². The summed E-state index contributed by atoms with van der Waals surface area (Å²) in [4.78, 5) is 21.0. The molecule has 0 spiro atoms. The Morgan fingerprint density at radius 2 is 2.17 bits per heavy atom. The molecular formula is C16H11N3O3S. The zero-order valence-electron chi connectivity index (χ0n) is 11.9. The number of thioether (sulfide) groups is 1. The fourth-order valence-electron chi connectivity index (χ4n) is 2.21. The van der Waals surface area contributed by atoms with Gasteiger partial charge in [0.05, 0.1) is 10.6 Å². The third-order valence-electron chi connectivity index (χ3n) is 3.24. The zero-order valence-corrected chi connectivity index (χ0v) is 12.7. The highest BCUT2D eigenvalue weighted by atomic mass is 32.2. The van der Waals surface area contributed by atoms with E-state index >= 15 is 0 Å². The highest BCUT2D eigenvalue weighted by Crippen LogP contribution is 2.36. The van der Waals surface area contributed by atoms with Crippen molar-refractivity contribution in [3.8, 4) is 11.5 Å². The number of rotatable bonds is 2. The predicted molar refractivity (Wildman–Crippen MR) is 88.0 cm³/mol. The molecule has 1 N–H and O–H groups in total. The van der Waals surface area contributed by atoms with Gasteiger partial charge in [-0.3, -0.25) is 9.78 Å². The summed E-state index contributed by atoms with van der Waals surface area (Å²) >= 11 is 1.11. The number of pyridine rings is 1. The first kappa shape index (κ1) is 13.8. The number of benzene rings is 1. The Labute approximate surface area is 136 Å². The Morgan fingerprint density at radius 3 is 3.04 bits per heavy atom. The second-order valence-corrected chi connectivity index (χ2v) is 5.82. The van der Waals surface area contributed by atoms with Crippen LogP contribution in [0, 0.1) is 0 Å². The van der Waals surface area contributed by atoms with Crippen molar-refractivity contribution in [3.63, 3.8) is 0 Å². The Balaban J connectivity index is 1.68. The second-order valence-electron chi connectivity index (χ2n) is 4.81. The molecule has 3 heterocycles. The molecule has 0 aliphatic carbocycles. The molecule has 23 heavy (non-hydrogen) atoms. The summed E-state index contributed by atoms with van der Waals surface area (Å²) in [7, 11) is 0.